The SMILES string of the molecule is O=c1cc(Nc2ccccc2)n(-c2ccccc2)c2cc(S(=O)(=O)c3ccccc3)ncc12. The van der Waals surface area contributed by atoms with Crippen molar-refractivity contribution in [1.82, 2.24) is 9.55 Å². The molecule has 7 heteroatoms. The van der Waals surface area contributed by atoms with Crippen molar-refractivity contribution in [3.05, 3.63) is 120 Å². The lowest BCUT2D eigenvalue weighted by molar-refractivity contribution is 0.592. The van der Waals surface area contributed by atoms with Crippen LogP contribution in [0.4, 0.5) is 11.5 Å². The van der Waals surface area contributed by atoms with Crippen LogP contribution in [0.25, 0.3) is 16.6 Å². The Balaban J connectivity index is 1.79. The van der Waals surface area contributed by atoms with Crippen molar-refractivity contribution in [2.75, 3.05) is 5.32 Å². The van der Waals surface area contributed by atoms with Crippen molar-refractivity contribution in [3.8, 4) is 5.69 Å². The third kappa shape index (κ3) is 3.90. The summed E-state index contributed by atoms with van der Waals surface area (Å²) in [4.78, 5) is 17.2. The number of aromatic nitrogens is 2. The topological polar surface area (TPSA) is 81.1 Å². The number of hydrogen-bond acceptors (Lipinski definition) is 5. The maximum absolute atomic E-state index is 13.2. The van der Waals surface area contributed by atoms with Gasteiger partial charge in [-0.1, -0.05) is 54.6 Å². The van der Waals surface area contributed by atoms with Gasteiger partial charge in [0.15, 0.2) is 10.5 Å². The first-order chi connectivity index (χ1) is 16.0. The van der Waals surface area contributed by atoms with Gasteiger partial charge < -0.3 is 5.32 Å². The molecule has 33 heavy (non-hydrogen) atoms. The number of anilines is 2. The number of benzene rings is 3. The maximum atomic E-state index is 13.2. The van der Waals surface area contributed by atoms with Gasteiger partial charge in [-0.3, -0.25) is 9.36 Å². The molecule has 5 rings (SSSR count). The summed E-state index contributed by atoms with van der Waals surface area (Å²) < 4.78 is 28.3. The highest BCUT2D eigenvalue weighted by Crippen LogP contribution is 2.27. The predicted octanol–water partition coefficient (Wildman–Crippen LogP) is 4.96. The number of nitrogens with zero attached hydrogens (tertiary/aromatic N) is 2. The lowest BCUT2D eigenvalue weighted by Crippen LogP contribution is -2.14. The van der Waals surface area contributed by atoms with Gasteiger partial charge in [-0.05, 0) is 36.4 Å². The number of pyridine rings is 2. The average Bonchev–Trinajstić information content (AvgIpc) is 2.85. The Hall–Kier alpha value is -4.23. The minimum Gasteiger partial charge on any atom is -0.341 e. The number of para-hydroxylation sites is 2. The molecule has 0 spiro atoms. The molecule has 0 amide bonds. The third-order valence-electron chi connectivity index (χ3n) is 5.26. The third-order valence-corrected chi connectivity index (χ3v) is 6.93. The van der Waals surface area contributed by atoms with Gasteiger partial charge in [0, 0.05) is 29.7 Å². The summed E-state index contributed by atoms with van der Waals surface area (Å²) in [6, 6.07) is 30.0. The van der Waals surface area contributed by atoms with E-state index in [1.165, 1.54) is 30.5 Å². The van der Waals surface area contributed by atoms with Gasteiger partial charge in [0.25, 0.3) is 0 Å². The van der Waals surface area contributed by atoms with Crippen LogP contribution in [0.1, 0.15) is 0 Å². The summed E-state index contributed by atoms with van der Waals surface area (Å²) in [6.07, 6.45) is 1.33. The van der Waals surface area contributed by atoms with E-state index in [0.29, 0.717) is 16.7 Å². The van der Waals surface area contributed by atoms with Gasteiger partial charge in [0.05, 0.1) is 15.8 Å². The minimum absolute atomic E-state index is 0.123. The van der Waals surface area contributed by atoms with Crippen LogP contribution in [0.15, 0.2) is 124 Å². The van der Waals surface area contributed by atoms with Crippen LogP contribution >= 0.6 is 0 Å². The molecule has 2 heterocycles. The van der Waals surface area contributed by atoms with Crippen LogP contribution < -0.4 is 10.7 Å². The average molecular weight is 454 g/mol. The quantitative estimate of drug-likeness (QED) is 0.407. The van der Waals surface area contributed by atoms with E-state index in [1.807, 2.05) is 65.2 Å². The van der Waals surface area contributed by atoms with Crippen molar-refractivity contribution in [2.24, 2.45) is 0 Å². The zero-order valence-electron chi connectivity index (χ0n) is 17.4. The molecule has 2 aromatic heterocycles. The molecule has 0 aliphatic heterocycles. The molecule has 6 nitrogen and oxygen atoms in total. The van der Waals surface area contributed by atoms with Gasteiger partial charge >= 0.3 is 0 Å². The Labute approximate surface area is 190 Å². The van der Waals surface area contributed by atoms with Crippen LogP contribution in [0, 0.1) is 0 Å². The molecule has 0 unspecified atom stereocenters. The summed E-state index contributed by atoms with van der Waals surface area (Å²) in [5.41, 5.74) is 1.76. The zero-order valence-corrected chi connectivity index (χ0v) is 18.2. The number of nitrogens with one attached hydrogen (secondary N) is 1. The Morgan fingerprint density at radius 2 is 1.36 bits per heavy atom. The summed E-state index contributed by atoms with van der Waals surface area (Å²) in [6.45, 7) is 0. The molecule has 0 fully saturated rings. The fraction of sp³-hybridized carbons (Fsp3) is 0. The van der Waals surface area contributed by atoms with E-state index in [4.69, 9.17) is 0 Å². The van der Waals surface area contributed by atoms with E-state index in [1.54, 1.807) is 18.2 Å². The van der Waals surface area contributed by atoms with Crippen LogP contribution in [-0.4, -0.2) is 18.0 Å². The van der Waals surface area contributed by atoms with E-state index >= 15 is 0 Å². The molecule has 1 N–H and O–H groups in total. The molecule has 0 radical (unpaired) electrons. The van der Waals surface area contributed by atoms with Crippen LogP contribution in [0.2, 0.25) is 0 Å². The van der Waals surface area contributed by atoms with Crippen molar-refractivity contribution in [2.45, 2.75) is 9.92 Å². The molecular weight excluding hydrogens is 434 g/mol. The van der Waals surface area contributed by atoms with Gasteiger partial charge in [0.1, 0.15) is 5.82 Å². The summed E-state index contributed by atoms with van der Waals surface area (Å²) >= 11 is 0. The van der Waals surface area contributed by atoms with Crippen molar-refractivity contribution < 1.29 is 8.42 Å². The van der Waals surface area contributed by atoms with Crippen molar-refractivity contribution in [1.29, 1.82) is 0 Å². The zero-order chi connectivity index (χ0) is 22.8. The first-order valence-corrected chi connectivity index (χ1v) is 11.8. The minimum atomic E-state index is -3.86. The Bertz CT molecular complexity index is 1600. The first kappa shape index (κ1) is 20.7. The molecule has 0 bridgehead atoms. The normalized spacial score (nSPS) is 11.4. The molecule has 0 aliphatic carbocycles. The highest BCUT2D eigenvalue weighted by molar-refractivity contribution is 7.91. The highest BCUT2D eigenvalue weighted by Gasteiger charge is 2.21. The van der Waals surface area contributed by atoms with E-state index in [-0.39, 0.29) is 15.4 Å². The van der Waals surface area contributed by atoms with E-state index in [9.17, 15) is 13.2 Å². The summed E-state index contributed by atoms with van der Waals surface area (Å²) in [5, 5.41) is 3.49. The Kier molecular flexibility index (Phi) is 5.24. The Morgan fingerprint density at radius 1 is 0.758 bits per heavy atom. The van der Waals surface area contributed by atoms with E-state index in [2.05, 4.69) is 10.3 Å². The molecule has 3 aromatic carbocycles. The van der Waals surface area contributed by atoms with Crippen LogP contribution in [-0.2, 0) is 9.84 Å². The fourth-order valence-electron chi connectivity index (χ4n) is 3.68. The molecule has 0 aliphatic rings. The van der Waals surface area contributed by atoms with Gasteiger partial charge in [-0.15, -0.1) is 0 Å². The maximum Gasteiger partial charge on any atom is 0.223 e. The second-order valence-corrected chi connectivity index (χ2v) is 9.31. The van der Waals surface area contributed by atoms with E-state index in [0.717, 1.165) is 11.4 Å². The number of rotatable bonds is 5. The molecule has 5 aromatic rings. The number of hydrogen-bond donors (Lipinski definition) is 1. The van der Waals surface area contributed by atoms with Crippen LogP contribution in [0.3, 0.4) is 0 Å². The van der Waals surface area contributed by atoms with Crippen molar-refractivity contribution in [3.63, 3.8) is 0 Å². The number of sulfone groups is 1. The monoisotopic (exact) mass is 453 g/mol. The number of fused-ring (bicyclic) bond motifs is 1. The first-order valence-electron chi connectivity index (χ1n) is 10.3. The lowest BCUT2D eigenvalue weighted by atomic mass is 10.2. The smallest absolute Gasteiger partial charge is 0.223 e. The van der Waals surface area contributed by atoms with Gasteiger partial charge in [-0.25, -0.2) is 13.4 Å². The molecule has 0 saturated heterocycles. The largest absolute Gasteiger partial charge is 0.341 e. The second kappa shape index (κ2) is 8.37. The Morgan fingerprint density at radius 3 is 2.03 bits per heavy atom. The van der Waals surface area contributed by atoms with E-state index < -0.39 is 9.84 Å². The summed E-state index contributed by atoms with van der Waals surface area (Å²) in [7, 11) is -3.86. The standard InChI is InChI=1S/C26H19N3O3S/c30-24-17-25(28-19-10-4-1-5-11-19)29(20-12-6-2-7-13-20)23-16-26(27-18-22(23)24)33(31,32)21-14-8-3-9-15-21/h1-18,28H. The molecule has 162 valence electrons. The summed E-state index contributed by atoms with van der Waals surface area (Å²) in [5.74, 6) is 0.513. The fourth-order valence-corrected chi connectivity index (χ4v) is 4.90. The van der Waals surface area contributed by atoms with Gasteiger partial charge in [-0.2, -0.15) is 0 Å². The lowest BCUT2D eigenvalue weighted by Gasteiger charge is -2.19. The van der Waals surface area contributed by atoms with Crippen molar-refractivity contribution >= 4 is 32.2 Å². The predicted molar refractivity (Wildman–Crippen MR) is 129 cm³/mol. The molecular formula is C26H19N3O3S. The van der Waals surface area contributed by atoms with Crippen LogP contribution in [0.5, 0.6) is 0 Å². The second-order valence-electron chi connectivity index (χ2n) is 7.41. The molecule has 0 saturated carbocycles. The molecule has 0 atom stereocenters. The highest BCUT2D eigenvalue weighted by atomic mass is 32.2. The van der Waals surface area contributed by atoms with Gasteiger partial charge in [0.2, 0.25) is 9.84 Å².